The van der Waals surface area contributed by atoms with Gasteiger partial charge in [0.1, 0.15) is 11.6 Å². The molecule has 1 aromatic rings. The highest BCUT2D eigenvalue weighted by molar-refractivity contribution is 5.94. The molecule has 1 heterocycles. The molecular weight excluding hydrogens is 247 g/mol. The fourth-order valence-electron chi connectivity index (χ4n) is 2.40. The Balaban J connectivity index is 1.99. The fraction of sp³-hybridized carbons (Fsp3) is 0.500. The Morgan fingerprint density at radius 2 is 2.37 bits per heavy atom. The summed E-state index contributed by atoms with van der Waals surface area (Å²) in [5, 5.41) is 15.2. The zero-order valence-corrected chi connectivity index (χ0v) is 10.9. The first-order valence-electron chi connectivity index (χ1n) is 6.58. The molecule has 2 unspecified atom stereocenters. The smallest absolute Gasteiger partial charge is 0.254 e. The van der Waals surface area contributed by atoms with Crippen LogP contribution >= 0.6 is 0 Å². The number of rotatable bonds is 3. The quantitative estimate of drug-likeness (QED) is 0.779. The van der Waals surface area contributed by atoms with E-state index in [2.05, 4.69) is 10.6 Å². The molecule has 1 aromatic carbocycles. The highest BCUT2D eigenvalue weighted by atomic mass is 19.1. The van der Waals surface area contributed by atoms with Gasteiger partial charge in [0.15, 0.2) is 0 Å². The lowest BCUT2D eigenvalue weighted by atomic mass is 9.92. The van der Waals surface area contributed by atoms with E-state index in [1.54, 1.807) is 0 Å². The standard InChI is InChI=1S/C14H19FN2O2/c1-9(10-3-2-6-16-8-10)17-14(19)12-5-4-11(18)7-13(12)15/h4-5,7,9-10,16,18H,2-3,6,8H2,1H3,(H,17,19). The van der Waals surface area contributed by atoms with Crippen LogP contribution in [0.2, 0.25) is 0 Å². The number of hydrogen-bond acceptors (Lipinski definition) is 3. The summed E-state index contributed by atoms with van der Waals surface area (Å²) in [6.07, 6.45) is 2.16. The van der Waals surface area contributed by atoms with Gasteiger partial charge in [0.2, 0.25) is 0 Å². The summed E-state index contributed by atoms with van der Waals surface area (Å²) in [5.74, 6) is -0.946. The van der Waals surface area contributed by atoms with E-state index >= 15 is 0 Å². The van der Waals surface area contributed by atoms with Gasteiger partial charge >= 0.3 is 0 Å². The van der Waals surface area contributed by atoms with Crippen molar-refractivity contribution in [2.45, 2.75) is 25.8 Å². The molecule has 1 amide bonds. The Morgan fingerprint density at radius 1 is 1.58 bits per heavy atom. The third kappa shape index (κ3) is 3.44. The van der Waals surface area contributed by atoms with E-state index < -0.39 is 11.7 Å². The van der Waals surface area contributed by atoms with Crippen LogP contribution < -0.4 is 10.6 Å². The average Bonchev–Trinajstić information content (AvgIpc) is 2.39. The molecule has 5 heteroatoms. The fourth-order valence-corrected chi connectivity index (χ4v) is 2.40. The summed E-state index contributed by atoms with van der Waals surface area (Å²) in [5.41, 5.74) is -0.0339. The molecule has 1 fully saturated rings. The molecule has 0 aliphatic carbocycles. The molecule has 0 radical (unpaired) electrons. The van der Waals surface area contributed by atoms with Crippen molar-refractivity contribution in [1.29, 1.82) is 0 Å². The Kier molecular flexibility index (Phi) is 4.37. The number of phenols is 1. The summed E-state index contributed by atoms with van der Waals surface area (Å²) in [7, 11) is 0. The Hall–Kier alpha value is -1.62. The lowest BCUT2D eigenvalue weighted by molar-refractivity contribution is 0.0918. The Bertz CT molecular complexity index is 459. The Labute approximate surface area is 112 Å². The van der Waals surface area contributed by atoms with Crippen LogP contribution in [0.5, 0.6) is 5.75 Å². The van der Waals surface area contributed by atoms with Crippen molar-refractivity contribution in [2.24, 2.45) is 5.92 Å². The summed E-state index contributed by atoms with van der Waals surface area (Å²) < 4.78 is 13.6. The van der Waals surface area contributed by atoms with Crippen molar-refractivity contribution in [1.82, 2.24) is 10.6 Å². The van der Waals surface area contributed by atoms with Crippen LogP contribution in [0, 0.1) is 11.7 Å². The molecule has 4 nitrogen and oxygen atoms in total. The number of aromatic hydroxyl groups is 1. The van der Waals surface area contributed by atoms with Gasteiger partial charge in [-0.3, -0.25) is 4.79 Å². The monoisotopic (exact) mass is 266 g/mol. The maximum Gasteiger partial charge on any atom is 0.254 e. The van der Waals surface area contributed by atoms with E-state index in [0.717, 1.165) is 32.0 Å². The van der Waals surface area contributed by atoms with Crippen molar-refractivity contribution < 1.29 is 14.3 Å². The summed E-state index contributed by atoms with van der Waals surface area (Å²) in [6.45, 7) is 3.83. The van der Waals surface area contributed by atoms with Crippen LogP contribution in [-0.4, -0.2) is 30.1 Å². The minimum Gasteiger partial charge on any atom is -0.508 e. The predicted molar refractivity (Wildman–Crippen MR) is 70.6 cm³/mol. The third-order valence-corrected chi connectivity index (χ3v) is 3.60. The number of halogens is 1. The maximum atomic E-state index is 13.6. The zero-order valence-electron chi connectivity index (χ0n) is 10.9. The predicted octanol–water partition coefficient (Wildman–Crippen LogP) is 1.65. The molecule has 2 atom stereocenters. The van der Waals surface area contributed by atoms with E-state index in [-0.39, 0.29) is 17.4 Å². The van der Waals surface area contributed by atoms with Crippen LogP contribution in [0.15, 0.2) is 18.2 Å². The first-order chi connectivity index (χ1) is 9.08. The number of carbonyl (C=O) groups excluding carboxylic acids is 1. The van der Waals surface area contributed by atoms with Gasteiger partial charge in [0, 0.05) is 12.1 Å². The highest BCUT2D eigenvalue weighted by Gasteiger charge is 2.22. The molecule has 0 saturated carbocycles. The third-order valence-electron chi connectivity index (χ3n) is 3.60. The number of amides is 1. The minimum atomic E-state index is -0.702. The van der Waals surface area contributed by atoms with Gasteiger partial charge in [-0.2, -0.15) is 0 Å². The summed E-state index contributed by atoms with van der Waals surface area (Å²) in [6, 6.07) is 3.55. The van der Waals surface area contributed by atoms with Gasteiger partial charge in [-0.1, -0.05) is 0 Å². The molecule has 1 saturated heterocycles. The van der Waals surface area contributed by atoms with Crippen molar-refractivity contribution >= 4 is 5.91 Å². The molecule has 1 aliphatic rings. The molecule has 0 spiro atoms. The first-order valence-corrected chi connectivity index (χ1v) is 6.58. The maximum absolute atomic E-state index is 13.6. The van der Waals surface area contributed by atoms with E-state index in [0.29, 0.717) is 5.92 Å². The number of nitrogens with one attached hydrogen (secondary N) is 2. The van der Waals surface area contributed by atoms with Gasteiger partial charge in [0.05, 0.1) is 5.56 Å². The molecule has 1 aliphatic heterocycles. The summed E-state index contributed by atoms with van der Waals surface area (Å²) >= 11 is 0. The minimum absolute atomic E-state index is 0.00602. The topological polar surface area (TPSA) is 61.4 Å². The van der Waals surface area contributed by atoms with Gasteiger partial charge < -0.3 is 15.7 Å². The van der Waals surface area contributed by atoms with Crippen LogP contribution in [0.25, 0.3) is 0 Å². The molecule has 104 valence electrons. The average molecular weight is 266 g/mol. The SMILES string of the molecule is CC(NC(=O)c1ccc(O)cc1F)C1CCCNC1. The molecule has 2 rings (SSSR count). The molecule has 19 heavy (non-hydrogen) atoms. The second kappa shape index (κ2) is 6.02. The number of carbonyl (C=O) groups is 1. The van der Waals surface area contributed by atoms with Crippen LogP contribution in [-0.2, 0) is 0 Å². The van der Waals surface area contributed by atoms with E-state index in [1.165, 1.54) is 12.1 Å². The molecule has 3 N–H and O–H groups in total. The van der Waals surface area contributed by atoms with Gasteiger partial charge in [-0.15, -0.1) is 0 Å². The highest BCUT2D eigenvalue weighted by Crippen LogP contribution is 2.17. The van der Waals surface area contributed by atoms with Crippen molar-refractivity contribution in [2.75, 3.05) is 13.1 Å². The zero-order chi connectivity index (χ0) is 13.8. The number of piperidine rings is 1. The van der Waals surface area contributed by atoms with Gasteiger partial charge in [-0.05, 0) is 50.9 Å². The van der Waals surface area contributed by atoms with E-state index in [4.69, 9.17) is 5.11 Å². The molecule has 0 bridgehead atoms. The second-order valence-corrected chi connectivity index (χ2v) is 5.03. The number of hydrogen-bond donors (Lipinski definition) is 3. The van der Waals surface area contributed by atoms with Crippen molar-refractivity contribution in [3.8, 4) is 5.75 Å². The number of benzene rings is 1. The van der Waals surface area contributed by atoms with Crippen LogP contribution in [0.3, 0.4) is 0 Å². The second-order valence-electron chi connectivity index (χ2n) is 5.03. The van der Waals surface area contributed by atoms with E-state index in [9.17, 15) is 9.18 Å². The van der Waals surface area contributed by atoms with Crippen LogP contribution in [0.4, 0.5) is 4.39 Å². The van der Waals surface area contributed by atoms with Gasteiger partial charge in [-0.25, -0.2) is 4.39 Å². The molecule has 0 aromatic heterocycles. The largest absolute Gasteiger partial charge is 0.508 e. The summed E-state index contributed by atoms with van der Waals surface area (Å²) in [4.78, 5) is 12.0. The Morgan fingerprint density at radius 3 is 3.00 bits per heavy atom. The van der Waals surface area contributed by atoms with Crippen molar-refractivity contribution in [3.05, 3.63) is 29.6 Å². The normalized spacial score (nSPS) is 20.8. The molecular formula is C14H19FN2O2. The lowest BCUT2D eigenvalue weighted by Gasteiger charge is -2.29. The van der Waals surface area contributed by atoms with E-state index in [1.807, 2.05) is 6.92 Å². The van der Waals surface area contributed by atoms with Crippen LogP contribution in [0.1, 0.15) is 30.1 Å². The number of phenolic OH excluding ortho intramolecular Hbond substituents is 1. The van der Waals surface area contributed by atoms with Gasteiger partial charge in [0.25, 0.3) is 5.91 Å². The first kappa shape index (κ1) is 13.8. The van der Waals surface area contributed by atoms with Crippen molar-refractivity contribution in [3.63, 3.8) is 0 Å². The lowest BCUT2D eigenvalue weighted by Crippen LogP contribution is -2.44.